The number of pyridine rings is 2. The van der Waals surface area contributed by atoms with Gasteiger partial charge in [0.25, 0.3) is 5.91 Å². The van der Waals surface area contributed by atoms with Gasteiger partial charge in [-0.05, 0) is 42.0 Å². The fourth-order valence-corrected chi connectivity index (χ4v) is 4.54. The van der Waals surface area contributed by atoms with Gasteiger partial charge in [0.2, 0.25) is 5.91 Å². The van der Waals surface area contributed by atoms with Crippen molar-refractivity contribution in [2.45, 2.75) is 13.3 Å². The first-order valence-corrected chi connectivity index (χ1v) is 12.8. The fraction of sp³-hybridized carbons (Fsp3) is 0.133. The normalized spacial score (nSPS) is 11.2. The number of aromatic nitrogens is 6. The average molecular weight is 531 g/mol. The van der Waals surface area contributed by atoms with Gasteiger partial charge in [0, 0.05) is 55.2 Å². The molecule has 198 valence electrons. The topological polar surface area (TPSA) is 133 Å². The van der Waals surface area contributed by atoms with Crippen LogP contribution in [0, 0.1) is 0 Å². The van der Waals surface area contributed by atoms with Crippen molar-refractivity contribution in [2.24, 2.45) is 0 Å². The molecule has 0 fully saturated rings. The second kappa shape index (κ2) is 10.1. The molecule has 0 radical (unpaired) electrons. The van der Waals surface area contributed by atoms with Gasteiger partial charge in [0.15, 0.2) is 11.5 Å². The molecule has 3 N–H and O–H groups in total. The summed E-state index contributed by atoms with van der Waals surface area (Å²) in [7, 11) is 3.47. The number of hydrogen-bond donors (Lipinski definition) is 3. The molecule has 6 rings (SSSR count). The highest BCUT2D eigenvalue weighted by molar-refractivity contribution is 5.98. The smallest absolute Gasteiger partial charge is 0.253 e. The summed E-state index contributed by atoms with van der Waals surface area (Å²) in [6.07, 6.45) is 3.85. The largest absolute Gasteiger partial charge is 0.345 e. The minimum Gasteiger partial charge on any atom is -0.345 e. The minimum atomic E-state index is -0.0863. The van der Waals surface area contributed by atoms with E-state index in [9.17, 15) is 9.59 Å². The summed E-state index contributed by atoms with van der Waals surface area (Å²) in [5.41, 5.74) is 7.22. The molecule has 0 aliphatic rings. The van der Waals surface area contributed by atoms with E-state index in [4.69, 9.17) is 4.98 Å². The Morgan fingerprint density at radius 2 is 1.70 bits per heavy atom. The molecule has 10 heteroatoms. The van der Waals surface area contributed by atoms with Crippen LogP contribution in [0.25, 0.3) is 55.8 Å². The van der Waals surface area contributed by atoms with E-state index in [0.717, 1.165) is 38.7 Å². The third-order valence-electron chi connectivity index (χ3n) is 6.69. The number of para-hydroxylation sites is 1. The SMILES string of the molecule is CCC(=O)Nc1ccc(-c2cnc3[nH]nc(-c4nc5c(-c6ccc(C(=O)N(C)C)cc6)cccc5[nH]4)c3c2)cn1. The van der Waals surface area contributed by atoms with E-state index in [1.807, 2.05) is 54.6 Å². The molecule has 2 amide bonds. The minimum absolute atomic E-state index is 0.0415. The maximum atomic E-state index is 12.3. The highest BCUT2D eigenvalue weighted by Crippen LogP contribution is 2.32. The van der Waals surface area contributed by atoms with Crippen LogP contribution in [0.15, 0.2) is 73.1 Å². The standard InChI is InChI=1S/C30H26N8O2/c1-4-25(39)34-24-13-12-19(15-31-24)20-14-22-27(36-37-28(22)32-16-20)29-33-23-7-5-6-21(26(23)35-29)17-8-10-18(11-9-17)30(40)38(2)3/h5-16H,4H2,1-3H3,(H,33,35)(H,31,34,39)(H,32,36,37). The van der Waals surface area contributed by atoms with Gasteiger partial charge >= 0.3 is 0 Å². The van der Waals surface area contributed by atoms with Gasteiger partial charge in [0.1, 0.15) is 11.5 Å². The maximum Gasteiger partial charge on any atom is 0.253 e. The Morgan fingerprint density at radius 3 is 2.42 bits per heavy atom. The second-order valence-electron chi connectivity index (χ2n) is 9.59. The second-order valence-corrected chi connectivity index (χ2v) is 9.59. The first-order valence-electron chi connectivity index (χ1n) is 12.8. The molecule has 0 aliphatic carbocycles. The van der Waals surface area contributed by atoms with Gasteiger partial charge in [-0.15, -0.1) is 0 Å². The summed E-state index contributed by atoms with van der Waals surface area (Å²) in [5, 5.41) is 11.1. The van der Waals surface area contributed by atoms with Gasteiger partial charge < -0.3 is 15.2 Å². The van der Waals surface area contributed by atoms with E-state index in [0.29, 0.717) is 35.0 Å². The summed E-state index contributed by atoms with van der Waals surface area (Å²) < 4.78 is 0. The van der Waals surface area contributed by atoms with Crippen LogP contribution in [0.2, 0.25) is 0 Å². The summed E-state index contributed by atoms with van der Waals surface area (Å²) >= 11 is 0. The Labute approximate surface area is 229 Å². The van der Waals surface area contributed by atoms with Crippen molar-refractivity contribution in [1.82, 2.24) is 35.0 Å². The summed E-state index contributed by atoms with van der Waals surface area (Å²) in [5.74, 6) is 0.991. The molecule has 0 saturated carbocycles. The number of hydrogen-bond acceptors (Lipinski definition) is 6. The number of aromatic amines is 2. The zero-order valence-electron chi connectivity index (χ0n) is 22.2. The Kier molecular flexibility index (Phi) is 6.27. The zero-order chi connectivity index (χ0) is 27.8. The summed E-state index contributed by atoms with van der Waals surface area (Å²) in [4.78, 5) is 42.8. The quantitative estimate of drug-likeness (QED) is 0.268. The van der Waals surface area contributed by atoms with Crippen LogP contribution in [0.4, 0.5) is 5.82 Å². The maximum absolute atomic E-state index is 12.3. The van der Waals surface area contributed by atoms with Crippen LogP contribution >= 0.6 is 0 Å². The Bertz CT molecular complexity index is 1870. The van der Waals surface area contributed by atoms with Gasteiger partial charge in [-0.25, -0.2) is 15.0 Å². The number of nitrogens with zero attached hydrogens (tertiary/aromatic N) is 5. The van der Waals surface area contributed by atoms with E-state index < -0.39 is 0 Å². The van der Waals surface area contributed by atoms with Crippen molar-refractivity contribution in [3.63, 3.8) is 0 Å². The zero-order valence-corrected chi connectivity index (χ0v) is 22.2. The third kappa shape index (κ3) is 4.55. The highest BCUT2D eigenvalue weighted by Gasteiger charge is 2.17. The van der Waals surface area contributed by atoms with Crippen LogP contribution in [-0.2, 0) is 4.79 Å². The molecule has 40 heavy (non-hydrogen) atoms. The molecular formula is C30H26N8O2. The number of rotatable bonds is 6. The summed E-state index contributed by atoms with van der Waals surface area (Å²) in [6.45, 7) is 1.79. The van der Waals surface area contributed by atoms with E-state index >= 15 is 0 Å². The van der Waals surface area contributed by atoms with Gasteiger partial charge in [-0.2, -0.15) is 5.10 Å². The lowest BCUT2D eigenvalue weighted by Crippen LogP contribution is -2.21. The monoisotopic (exact) mass is 530 g/mol. The first-order chi connectivity index (χ1) is 19.4. The number of fused-ring (bicyclic) bond motifs is 2. The van der Waals surface area contributed by atoms with Crippen molar-refractivity contribution in [1.29, 1.82) is 0 Å². The highest BCUT2D eigenvalue weighted by atomic mass is 16.2. The molecule has 0 spiro atoms. The molecular weight excluding hydrogens is 504 g/mol. The number of carbonyl (C=O) groups is 2. The van der Waals surface area contributed by atoms with Crippen molar-refractivity contribution in [3.8, 4) is 33.8 Å². The van der Waals surface area contributed by atoms with E-state index in [2.05, 4.69) is 30.5 Å². The number of carbonyl (C=O) groups excluding carboxylic acids is 2. The first kappa shape index (κ1) is 24.9. The molecule has 6 aromatic rings. The molecule has 0 aliphatic heterocycles. The van der Waals surface area contributed by atoms with Crippen molar-refractivity contribution in [3.05, 3.63) is 78.6 Å². The Balaban J connectivity index is 1.35. The van der Waals surface area contributed by atoms with Crippen molar-refractivity contribution in [2.75, 3.05) is 19.4 Å². The third-order valence-corrected chi connectivity index (χ3v) is 6.69. The molecule has 0 saturated heterocycles. The van der Waals surface area contributed by atoms with Crippen molar-refractivity contribution >= 4 is 39.7 Å². The Hall–Kier alpha value is -5.38. The number of H-pyrrole nitrogens is 2. The van der Waals surface area contributed by atoms with Crippen LogP contribution in [0.1, 0.15) is 23.7 Å². The number of amides is 2. The van der Waals surface area contributed by atoms with E-state index in [-0.39, 0.29) is 11.8 Å². The molecule has 4 heterocycles. The van der Waals surface area contributed by atoms with Gasteiger partial charge in [-0.1, -0.05) is 31.2 Å². The summed E-state index contributed by atoms with van der Waals surface area (Å²) in [6, 6.07) is 19.2. The lowest BCUT2D eigenvalue weighted by atomic mass is 10.0. The molecule has 0 atom stereocenters. The Morgan fingerprint density at radius 1 is 0.925 bits per heavy atom. The van der Waals surface area contributed by atoms with Crippen LogP contribution in [0.5, 0.6) is 0 Å². The average Bonchev–Trinajstić information content (AvgIpc) is 3.61. The lowest BCUT2D eigenvalue weighted by Gasteiger charge is -2.10. The number of benzene rings is 2. The molecule has 0 bridgehead atoms. The van der Waals surface area contributed by atoms with E-state index in [1.165, 1.54) is 0 Å². The molecule has 10 nitrogen and oxygen atoms in total. The molecule has 0 unspecified atom stereocenters. The van der Waals surface area contributed by atoms with Crippen LogP contribution in [-0.4, -0.2) is 60.9 Å². The number of nitrogens with one attached hydrogen (secondary N) is 3. The predicted molar refractivity (Wildman–Crippen MR) is 155 cm³/mol. The number of imidazole rings is 1. The predicted octanol–water partition coefficient (Wildman–Crippen LogP) is 5.28. The van der Waals surface area contributed by atoms with Crippen LogP contribution in [0.3, 0.4) is 0 Å². The van der Waals surface area contributed by atoms with Gasteiger partial charge in [0.05, 0.1) is 16.4 Å². The van der Waals surface area contributed by atoms with Crippen LogP contribution < -0.4 is 5.32 Å². The van der Waals surface area contributed by atoms with E-state index in [1.54, 1.807) is 44.4 Å². The lowest BCUT2D eigenvalue weighted by molar-refractivity contribution is -0.115. The van der Waals surface area contributed by atoms with Gasteiger partial charge in [-0.3, -0.25) is 14.7 Å². The number of anilines is 1. The van der Waals surface area contributed by atoms with Crippen molar-refractivity contribution < 1.29 is 9.59 Å². The molecule has 2 aromatic carbocycles. The molecule has 4 aromatic heterocycles. The fourth-order valence-electron chi connectivity index (χ4n) is 4.54.